The third-order valence-electron chi connectivity index (χ3n) is 1.91. The second-order valence-corrected chi connectivity index (χ2v) is 2.69. The van der Waals surface area contributed by atoms with Gasteiger partial charge in [0.15, 0.2) is 12.2 Å². The van der Waals surface area contributed by atoms with E-state index < -0.39 is 35.3 Å². The van der Waals surface area contributed by atoms with Crippen molar-refractivity contribution in [1.29, 1.82) is 0 Å². The molecule has 1 fully saturated rings. The minimum Gasteiger partial charge on any atom is -0.365 e. The third kappa shape index (κ3) is 1.38. The number of carbonyl (C=O) groups excluding carboxylic acids is 4. The standard InChI is InChI=1S/C8H8O6/c1-13-7-4(10)3(9)5(11)8(14-2)6(7)12/h7-8H,1-2H3. The van der Waals surface area contributed by atoms with E-state index in [1.807, 2.05) is 0 Å². The molecule has 0 spiro atoms. The molecule has 2 unspecified atom stereocenters. The molecule has 6 nitrogen and oxygen atoms in total. The van der Waals surface area contributed by atoms with Crippen LogP contribution in [0.1, 0.15) is 0 Å². The van der Waals surface area contributed by atoms with Crippen LogP contribution >= 0.6 is 0 Å². The third-order valence-corrected chi connectivity index (χ3v) is 1.91. The molecule has 1 aliphatic carbocycles. The van der Waals surface area contributed by atoms with Gasteiger partial charge in [-0.15, -0.1) is 0 Å². The highest BCUT2D eigenvalue weighted by Crippen LogP contribution is 2.11. The van der Waals surface area contributed by atoms with Crippen LogP contribution in [0.25, 0.3) is 0 Å². The minimum absolute atomic E-state index is 0.829. The summed E-state index contributed by atoms with van der Waals surface area (Å²) in [7, 11) is 2.21. The van der Waals surface area contributed by atoms with E-state index in [4.69, 9.17) is 0 Å². The van der Waals surface area contributed by atoms with Crippen LogP contribution in [0.3, 0.4) is 0 Å². The van der Waals surface area contributed by atoms with E-state index in [-0.39, 0.29) is 0 Å². The SMILES string of the molecule is COC1C(=O)C(=O)C(=O)C(OC)C1=O. The van der Waals surface area contributed by atoms with Gasteiger partial charge in [0.2, 0.25) is 17.3 Å². The lowest BCUT2D eigenvalue weighted by atomic mass is 9.90. The van der Waals surface area contributed by atoms with Gasteiger partial charge < -0.3 is 9.47 Å². The molecule has 1 saturated carbocycles. The predicted molar refractivity (Wildman–Crippen MR) is 41.6 cm³/mol. The van der Waals surface area contributed by atoms with Crippen LogP contribution in [-0.2, 0) is 28.7 Å². The predicted octanol–water partition coefficient (Wildman–Crippen LogP) is -1.69. The Bertz CT molecular complexity index is 290. The Morgan fingerprint density at radius 2 is 1.21 bits per heavy atom. The van der Waals surface area contributed by atoms with E-state index in [2.05, 4.69) is 9.47 Å². The monoisotopic (exact) mass is 200 g/mol. The smallest absolute Gasteiger partial charge is 0.270 e. The van der Waals surface area contributed by atoms with Crippen LogP contribution in [0.15, 0.2) is 0 Å². The van der Waals surface area contributed by atoms with E-state index in [1.165, 1.54) is 0 Å². The number of carbonyl (C=O) groups is 4. The van der Waals surface area contributed by atoms with Crippen molar-refractivity contribution in [3.05, 3.63) is 0 Å². The summed E-state index contributed by atoms with van der Waals surface area (Å²) >= 11 is 0. The molecule has 2 atom stereocenters. The van der Waals surface area contributed by atoms with Gasteiger partial charge in [-0.05, 0) is 0 Å². The highest BCUT2D eigenvalue weighted by molar-refractivity contribution is 6.71. The lowest BCUT2D eigenvalue weighted by molar-refractivity contribution is -0.164. The van der Waals surface area contributed by atoms with E-state index in [0.717, 1.165) is 14.2 Å². The number of hydrogen-bond acceptors (Lipinski definition) is 6. The maximum Gasteiger partial charge on any atom is 0.270 e. The molecular formula is C8H8O6. The van der Waals surface area contributed by atoms with Crippen molar-refractivity contribution in [3.63, 3.8) is 0 Å². The molecule has 1 rings (SSSR count). The molecule has 0 N–H and O–H groups in total. The number of Topliss-reactive ketones (excluding diaryl/α,β-unsaturated/α-hetero) is 4. The Morgan fingerprint density at radius 3 is 1.50 bits per heavy atom. The molecule has 1 aliphatic rings. The highest BCUT2D eigenvalue weighted by Gasteiger charge is 2.49. The van der Waals surface area contributed by atoms with Crippen molar-refractivity contribution in [2.75, 3.05) is 14.2 Å². The van der Waals surface area contributed by atoms with Gasteiger partial charge in [-0.2, -0.15) is 0 Å². The average Bonchev–Trinajstić information content (AvgIpc) is 2.16. The zero-order valence-electron chi connectivity index (χ0n) is 7.60. The molecule has 0 aliphatic heterocycles. The van der Waals surface area contributed by atoms with Crippen LogP contribution in [-0.4, -0.2) is 49.6 Å². The van der Waals surface area contributed by atoms with Gasteiger partial charge >= 0.3 is 0 Å². The molecule has 0 saturated heterocycles. The summed E-state index contributed by atoms with van der Waals surface area (Å²) in [6.45, 7) is 0. The van der Waals surface area contributed by atoms with E-state index in [1.54, 1.807) is 0 Å². The number of ketones is 4. The van der Waals surface area contributed by atoms with Gasteiger partial charge in [0.05, 0.1) is 0 Å². The normalized spacial score (nSPS) is 28.4. The molecule has 0 bridgehead atoms. The highest BCUT2D eigenvalue weighted by atomic mass is 16.5. The van der Waals surface area contributed by atoms with Gasteiger partial charge in [-0.25, -0.2) is 0 Å². The minimum atomic E-state index is -1.51. The fourth-order valence-electron chi connectivity index (χ4n) is 1.20. The fraction of sp³-hybridized carbons (Fsp3) is 0.500. The molecule has 0 amide bonds. The molecule has 0 radical (unpaired) electrons. The van der Waals surface area contributed by atoms with Crippen LogP contribution in [0.5, 0.6) is 0 Å². The number of rotatable bonds is 2. The van der Waals surface area contributed by atoms with Crippen LogP contribution in [0.4, 0.5) is 0 Å². The molecule has 0 heterocycles. The summed E-state index contributed by atoms with van der Waals surface area (Å²) in [5, 5.41) is 0. The fourth-order valence-corrected chi connectivity index (χ4v) is 1.20. The Morgan fingerprint density at radius 1 is 0.857 bits per heavy atom. The molecule has 76 valence electrons. The molecule has 14 heavy (non-hydrogen) atoms. The molecule has 0 aromatic carbocycles. The van der Waals surface area contributed by atoms with E-state index in [9.17, 15) is 19.2 Å². The maximum atomic E-state index is 11.3. The van der Waals surface area contributed by atoms with Gasteiger partial charge in [0.1, 0.15) is 0 Å². The molecule has 0 aromatic heterocycles. The summed E-state index contributed by atoms with van der Waals surface area (Å²) in [4.78, 5) is 44.4. The maximum absolute atomic E-state index is 11.3. The average molecular weight is 200 g/mol. The summed E-state index contributed by atoms with van der Waals surface area (Å²) in [5.74, 6) is -4.33. The van der Waals surface area contributed by atoms with Crippen molar-refractivity contribution in [2.45, 2.75) is 12.2 Å². The topological polar surface area (TPSA) is 86.7 Å². The second kappa shape index (κ2) is 3.77. The Hall–Kier alpha value is -1.40. The van der Waals surface area contributed by atoms with E-state index >= 15 is 0 Å². The molecule has 6 heteroatoms. The molecular weight excluding hydrogens is 192 g/mol. The van der Waals surface area contributed by atoms with Crippen LogP contribution in [0, 0.1) is 0 Å². The first-order valence-electron chi connectivity index (χ1n) is 3.76. The zero-order chi connectivity index (χ0) is 10.9. The largest absolute Gasteiger partial charge is 0.365 e. The second-order valence-electron chi connectivity index (χ2n) is 2.69. The van der Waals surface area contributed by atoms with Crippen LogP contribution < -0.4 is 0 Å². The first-order valence-corrected chi connectivity index (χ1v) is 3.76. The van der Waals surface area contributed by atoms with Gasteiger partial charge in [0, 0.05) is 14.2 Å². The lowest BCUT2D eigenvalue weighted by Crippen LogP contribution is -2.56. The van der Waals surface area contributed by atoms with Crippen molar-refractivity contribution >= 4 is 23.1 Å². The lowest BCUT2D eigenvalue weighted by Gasteiger charge is -2.22. The summed E-state index contributed by atoms with van der Waals surface area (Å²) in [5.41, 5.74) is 0. The van der Waals surface area contributed by atoms with Crippen molar-refractivity contribution < 1.29 is 28.7 Å². The Labute approximate surface area is 79.2 Å². The van der Waals surface area contributed by atoms with Crippen molar-refractivity contribution in [3.8, 4) is 0 Å². The quantitative estimate of drug-likeness (QED) is 0.390. The number of ether oxygens (including phenoxy) is 2. The van der Waals surface area contributed by atoms with Crippen molar-refractivity contribution in [1.82, 2.24) is 0 Å². The first kappa shape index (κ1) is 10.7. The summed E-state index contributed by atoms with van der Waals surface area (Å²) in [6, 6.07) is 0. The zero-order valence-corrected chi connectivity index (χ0v) is 7.60. The Balaban J connectivity index is 3.07. The van der Waals surface area contributed by atoms with Gasteiger partial charge in [-0.3, -0.25) is 19.2 Å². The Kier molecular flexibility index (Phi) is 2.87. The number of hydrogen-bond donors (Lipinski definition) is 0. The van der Waals surface area contributed by atoms with Crippen LogP contribution in [0.2, 0.25) is 0 Å². The van der Waals surface area contributed by atoms with Crippen molar-refractivity contribution in [2.24, 2.45) is 0 Å². The van der Waals surface area contributed by atoms with Gasteiger partial charge in [-0.1, -0.05) is 0 Å². The summed E-state index contributed by atoms with van der Waals surface area (Å²) in [6.07, 6.45) is -3.02. The summed E-state index contributed by atoms with van der Waals surface area (Å²) < 4.78 is 9.03. The first-order chi connectivity index (χ1) is 6.54. The van der Waals surface area contributed by atoms with Gasteiger partial charge in [0.25, 0.3) is 5.78 Å². The molecule has 0 aromatic rings. The number of methoxy groups -OCH3 is 2. The van der Waals surface area contributed by atoms with E-state index in [0.29, 0.717) is 0 Å².